The van der Waals surface area contributed by atoms with E-state index < -0.39 is 0 Å². The van der Waals surface area contributed by atoms with Crippen LogP contribution in [0.3, 0.4) is 0 Å². The highest BCUT2D eigenvalue weighted by Gasteiger charge is 2.12. The van der Waals surface area contributed by atoms with Crippen molar-refractivity contribution in [3.05, 3.63) is 83.4 Å². The molecule has 0 radical (unpaired) electrons. The minimum atomic E-state index is 0.492. The van der Waals surface area contributed by atoms with Crippen LogP contribution in [0.1, 0.15) is 10.4 Å². The van der Waals surface area contributed by atoms with E-state index in [2.05, 4.69) is 30.3 Å². The number of hydrogen-bond acceptors (Lipinski definition) is 2. The Balaban J connectivity index is 1.93. The lowest BCUT2D eigenvalue weighted by molar-refractivity contribution is 0.112. The molecule has 0 aliphatic rings. The Labute approximate surface area is 149 Å². The van der Waals surface area contributed by atoms with E-state index in [0.717, 1.165) is 22.0 Å². The molecule has 0 saturated carbocycles. The van der Waals surface area contributed by atoms with Crippen LogP contribution in [-0.2, 0) is 0 Å². The first-order valence-corrected chi connectivity index (χ1v) is 8.79. The van der Waals surface area contributed by atoms with Gasteiger partial charge in [0.15, 0.2) is 6.29 Å². The summed E-state index contributed by atoms with van der Waals surface area (Å²) in [6.07, 6.45) is 0.830. The lowest BCUT2D eigenvalue weighted by Gasteiger charge is -2.11. The standard InChI is InChI=1S/C21H13ClOS/c22-19-12-21(17-10-4-3-9-16(17)18(19)13-23)24-20-11-5-7-14-6-1-2-8-15(14)20/h1-13H. The molecule has 0 aliphatic carbocycles. The molecule has 4 aromatic rings. The Morgan fingerprint density at radius 3 is 2.21 bits per heavy atom. The molecule has 4 aromatic carbocycles. The number of aldehydes is 1. The number of carbonyl (C=O) groups excluding carboxylic acids is 1. The second kappa shape index (κ2) is 6.31. The zero-order valence-corrected chi connectivity index (χ0v) is 14.3. The van der Waals surface area contributed by atoms with Crippen LogP contribution < -0.4 is 0 Å². The van der Waals surface area contributed by atoms with Gasteiger partial charge in [-0.1, -0.05) is 84.0 Å². The van der Waals surface area contributed by atoms with Crippen molar-refractivity contribution < 1.29 is 4.79 Å². The third kappa shape index (κ3) is 2.58. The van der Waals surface area contributed by atoms with Crippen molar-refractivity contribution >= 4 is 51.2 Å². The van der Waals surface area contributed by atoms with Crippen LogP contribution in [0, 0.1) is 0 Å². The van der Waals surface area contributed by atoms with Gasteiger partial charge in [-0.15, -0.1) is 0 Å². The van der Waals surface area contributed by atoms with E-state index >= 15 is 0 Å². The van der Waals surface area contributed by atoms with Crippen LogP contribution in [-0.4, -0.2) is 6.29 Å². The number of halogens is 1. The van der Waals surface area contributed by atoms with Crippen molar-refractivity contribution in [1.82, 2.24) is 0 Å². The molecule has 3 heteroatoms. The van der Waals surface area contributed by atoms with Crippen molar-refractivity contribution in [2.75, 3.05) is 0 Å². The van der Waals surface area contributed by atoms with Crippen molar-refractivity contribution in [3.8, 4) is 0 Å². The molecule has 0 aliphatic heterocycles. The van der Waals surface area contributed by atoms with Gasteiger partial charge >= 0.3 is 0 Å². The SMILES string of the molecule is O=Cc1c(Cl)cc(Sc2cccc3ccccc23)c2ccccc12. The lowest BCUT2D eigenvalue weighted by Crippen LogP contribution is -1.88. The third-order valence-electron chi connectivity index (χ3n) is 4.09. The molecule has 0 fully saturated rings. The molecule has 0 saturated heterocycles. The zero-order chi connectivity index (χ0) is 16.5. The highest BCUT2D eigenvalue weighted by atomic mass is 35.5. The van der Waals surface area contributed by atoms with Crippen LogP contribution in [0.5, 0.6) is 0 Å². The Hall–Kier alpha value is -2.29. The maximum Gasteiger partial charge on any atom is 0.152 e. The molecule has 0 N–H and O–H groups in total. The molecule has 24 heavy (non-hydrogen) atoms. The molecular weight excluding hydrogens is 336 g/mol. The molecule has 4 rings (SSSR count). The average Bonchev–Trinajstić information content (AvgIpc) is 2.62. The third-order valence-corrected chi connectivity index (χ3v) is 5.53. The minimum absolute atomic E-state index is 0.492. The molecule has 0 atom stereocenters. The first-order valence-electron chi connectivity index (χ1n) is 7.60. The predicted octanol–water partition coefficient (Wildman–Crippen LogP) is 6.61. The molecule has 1 nitrogen and oxygen atoms in total. The van der Waals surface area contributed by atoms with Gasteiger partial charge in [0.1, 0.15) is 0 Å². The van der Waals surface area contributed by atoms with Crippen LogP contribution >= 0.6 is 23.4 Å². The number of carbonyl (C=O) groups is 1. The number of rotatable bonds is 3. The maximum atomic E-state index is 11.4. The molecule has 0 amide bonds. The fourth-order valence-electron chi connectivity index (χ4n) is 2.94. The molecule has 0 bridgehead atoms. The topological polar surface area (TPSA) is 17.1 Å². The fraction of sp³-hybridized carbons (Fsp3) is 0. The molecular formula is C21H13ClOS. The fourth-order valence-corrected chi connectivity index (χ4v) is 4.40. The van der Waals surface area contributed by atoms with Gasteiger partial charge in [-0.3, -0.25) is 4.79 Å². The van der Waals surface area contributed by atoms with E-state index in [1.54, 1.807) is 11.8 Å². The van der Waals surface area contributed by atoms with Gasteiger partial charge in [-0.2, -0.15) is 0 Å². The summed E-state index contributed by atoms with van der Waals surface area (Å²) in [4.78, 5) is 13.6. The minimum Gasteiger partial charge on any atom is -0.298 e. The van der Waals surface area contributed by atoms with Crippen LogP contribution in [0.25, 0.3) is 21.5 Å². The van der Waals surface area contributed by atoms with E-state index in [4.69, 9.17) is 11.6 Å². The molecule has 0 aromatic heterocycles. The Bertz CT molecular complexity index is 1070. The highest BCUT2D eigenvalue weighted by molar-refractivity contribution is 7.99. The number of benzene rings is 4. The van der Waals surface area contributed by atoms with Crippen LogP contribution in [0.15, 0.2) is 82.6 Å². The van der Waals surface area contributed by atoms with Gasteiger partial charge in [0, 0.05) is 15.4 Å². The highest BCUT2D eigenvalue weighted by Crippen LogP contribution is 2.40. The van der Waals surface area contributed by atoms with Crippen molar-refractivity contribution in [1.29, 1.82) is 0 Å². The second-order valence-corrected chi connectivity index (χ2v) is 7.00. The molecule has 0 heterocycles. The van der Waals surface area contributed by atoms with Crippen molar-refractivity contribution in [2.45, 2.75) is 9.79 Å². The van der Waals surface area contributed by atoms with Gasteiger partial charge < -0.3 is 0 Å². The second-order valence-electron chi connectivity index (χ2n) is 5.51. The van der Waals surface area contributed by atoms with Gasteiger partial charge in [-0.25, -0.2) is 0 Å². The molecule has 0 spiro atoms. The number of hydrogen-bond donors (Lipinski definition) is 0. The summed E-state index contributed by atoms with van der Waals surface area (Å²) in [5.74, 6) is 0. The summed E-state index contributed by atoms with van der Waals surface area (Å²) >= 11 is 8.03. The quantitative estimate of drug-likeness (QED) is 0.387. The van der Waals surface area contributed by atoms with Crippen LogP contribution in [0.4, 0.5) is 0 Å². The normalized spacial score (nSPS) is 11.0. The summed E-state index contributed by atoms with van der Waals surface area (Å²) < 4.78 is 0. The number of fused-ring (bicyclic) bond motifs is 2. The molecule has 116 valence electrons. The summed E-state index contributed by atoms with van der Waals surface area (Å²) in [6.45, 7) is 0. The molecule has 0 unspecified atom stereocenters. The zero-order valence-electron chi connectivity index (χ0n) is 12.7. The van der Waals surface area contributed by atoms with Crippen molar-refractivity contribution in [2.24, 2.45) is 0 Å². The largest absolute Gasteiger partial charge is 0.298 e. The average molecular weight is 349 g/mol. The van der Waals surface area contributed by atoms with Gasteiger partial charge in [-0.05, 0) is 33.7 Å². The van der Waals surface area contributed by atoms with Crippen molar-refractivity contribution in [3.63, 3.8) is 0 Å². The predicted molar refractivity (Wildman–Crippen MR) is 102 cm³/mol. The van der Waals surface area contributed by atoms with Crippen LogP contribution in [0.2, 0.25) is 5.02 Å². The summed E-state index contributed by atoms with van der Waals surface area (Å²) in [6, 6.07) is 24.4. The van der Waals surface area contributed by atoms with E-state index in [9.17, 15) is 4.79 Å². The van der Waals surface area contributed by atoms with E-state index in [-0.39, 0.29) is 0 Å². The summed E-state index contributed by atoms with van der Waals surface area (Å²) in [5.41, 5.74) is 0.550. The Morgan fingerprint density at radius 1 is 0.750 bits per heavy atom. The van der Waals surface area contributed by atoms with Gasteiger partial charge in [0.2, 0.25) is 0 Å². The Morgan fingerprint density at radius 2 is 1.42 bits per heavy atom. The van der Waals surface area contributed by atoms with E-state index in [1.807, 2.05) is 42.5 Å². The monoisotopic (exact) mass is 348 g/mol. The van der Waals surface area contributed by atoms with E-state index in [1.165, 1.54) is 15.7 Å². The lowest BCUT2D eigenvalue weighted by atomic mass is 10.1. The first-order chi connectivity index (χ1) is 11.8. The van der Waals surface area contributed by atoms with Gasteiger partial charge in [0.25, 0.3) is 0 Å². The van der Waals surface area contributed by atoms with Gasteiger partial charge in [0.05, 0.1) is 5.02 Å². The first kappa shape index (κ1) is 15.3. The smallest absolute Gasteiger partial charge is 0.152 e. The summed E-state index contributed by atoms with van der Waals surface area (Å²) in [5, 5.41) is 4.85. The Kier molecular flexibility index (Phi) is 4.01. The maximum absolute atomic E-state index is 11.4. The van der Waals surface area contributed by atoms with E-state index in [0.29, 0.717) is 10.6 Å². The summed E-state index contributed by atoms with van der Waals surface area (Å²) in [7, 11) is 0.